The number of ether oxygens (including phenoxy) is 1. The van der Waals surface area contributed by atoms with Crippen molar-refractivity contribution in [3.8, 4) is 0 Å². The number of hydrogen-bond donors (Lipinski definition) is 0. The van der Waals surface area contributed by atoms with E-state index in [0.717, 1.165) is 12.3 Å². The largest absolute Gasteiger partial charge is 0.463 e. The molecule has 2 heteroatoms. The van der Waals surface area contributed by atoms with Crippen LogP contribution in [0.15, 0.2) is 0 Å². The van der Waals surface area contributed by atoms with Crippen molar-refractivity contribution in [2.45, 2.75) is 72.8 Å². The smallest absolute Gasteiger partial charge is 0.302 e. The molecule has 0 saturated heterocycles. The number of carbonyl (C=O) groups is 1. The van der Waals surface area contributed by atoms with Crippen LogP contribution in [0.3, 0.4) is 0 Å². The summed E-state index contributed by atoms with van der Waals surface area (Å²) in [5, 5.41) is 0. The highest BCUT2D eigenvalue weighted by Gasteiger charge is 2.14. The van der Waals surface area contributed by atoms with Crippen LogP contribution in [0.4, 0.5) is 0 Å². The van der Waals surface area contributed by atoms with Gasteiger partial charge in [-0.25, -0.2) is 0 Å². The molecule has 0 N–H and O–H groups in total. The van der Waals surface area contributed by atoms with Gasteiger partial charge in [0.2, 0.25) is 0 Å². The van der Waals surface area contributed by atoms with Crippen LogP contribution >= 0.6 is 0 Å². The molecule has 0 bridgehead atoms. The van der Waals surface area contributed by atoms with Crippen molar-refractivity contribution in [1.29, 1.82) is 0 Å². The molecule has 0 amide bonds. The molecule has 0 heterocycles. The van der Waals surface area contributed by atoms with Gasteiger partial charge in [0.1, 0.15) is 6.10 Å². The van der Waals surface area contributed by atoms with E-state index in [1.807, 2.05) is 6.92 Å². The second-order valence-corrected chi connectivity index (χ2v) is 5.12. The quantitative estimate of drug-likeness (QED) is 0.582. The van der Waals surface area contributed by atoms with Gasteiger partial charge < -0.3 is 4.74 Å². The summed E-state index contributed by atoms with van der Waals surface area (Å²) in [4.78, 5) is 10.8. The maximum atomic E-state index is 10.8. The summed E-state index contributed by atoms with van der Waals surface area (Å²) in [5.41, 5.74) is 0. The van der Waals surface area contributed by atoms with Crippen LogP contribution in [0.2, 0.25) is 0 Å². The molecule has 0 aromatic rings. The first kappa shape index (κ1) is 15.5. The van der Waals surface area contributed by atoms with Crippen LogP contribution in [0.5, 0.6) is 0 Å². The fourth-order valence-electron chi connectivity index (χ4n) is 2.04. The van der Waals surface area contributed by atoms with Crippen LogP contribution in [0, 0.1) is 11.8 Å². The lowest BCUT2D eigenvalue weighted by molar-refractivity contribution is -0.147. The van der Waals surface area contributed by atoms with Gasteiger partial charge >= 0.3 is 5.97 Å². The normalized spacial score (nSPS) is 16.6. The zero-order valence-electron chi connectivity index (χ0n) is 11.6. The fraction of sp³-hybridized carbons (Fsp3) is 0.929. The van der Waals surface area contributed by atoms with Crippen molar-refractivity contribution in [2.75, 3.05) is 0 Å². The molecule has 0 aliphatic rings. The summed E-state index contributed by atoms with van der Waals surface area (Å²) in [6.07, 6.45) is 6.36. The van der Waals surface area contributed by atoms with E-state index in [-0.39, 0.29) is 12.1 Å². The minimum absolute atomic E-state index is 0.0546. The van der Waals surface area contributed by atoms with Crippen LogP contribution < -0.4 is 0 Å². The Kier molecular flexibility index (Phi) is 8.32. The Morgan fingerprint density at radius 2 is 1.75 bits per heavy atom. The van der Waals surface area contributed by atoms with Crippen LogP contribution in [0.25, 0.3) is 0 Å². The Balaban J connectivity index is 3.63. The summed E-state index contributed by atoms with van der Waals surface area (Å²) in [7, 11) is 0. The molecule has 0 aromatic carbocycles. The second-order valence-electron chi connectivity index (χ2n) is 5.12. The molecule has 0 aliphatic carbocycles. The van der Waals surface area contributed by atoms with Gasteiger partial charge in [-0.3, -0.25) is 4.79 Å². The fourth-order valence-corrected chi connectivity index (χ4v) is 2.04. The summed E-state index contributed by atoms with van der Waals surface area (Å²) < 4.78 is 5.18. The van der Waals surface area contributed by atoms with E-state index in [1.54, 1.807) is 0 Å². The van der Waals surface area contributed by atoms with E-state index in [0.29, 0.717) is 5.92 Å². The lowest BCUT2D eigenvalue weighted by Crippen LogP contribution is -2.20. The molecule has 0 spiro atoms. The van der Waals surface area contributed by atoms with Gasteiger partial charge in [-0.2, -0.15) is 0 Å². The van der Waals surface area contributed by atoms with Gasteiger partial charge in [-0.15, -0.1) is 0 Å². The van der Waals surface area contributed by atoms with E-state index in [4.69, 9.17) is 4.74 Å². The summed E-state index contributed by atoms with van der Waals surface area (Å²) in [5.74, 6) is 1.14. The van der Waals surface area contributed by atoms with Gasteiger partial charge in [0.05, 0.1) is 0 Å². The highest BCUT2D eigenvalue weighted by atomic mass is 16.5. The van der Waals surface area contributed by atoms with Crippen LogP contribution in [-0.2, 0) is 9.53 Å². The average molecular weight is 228 g/mol. The lowest BCUT2D eigenvalue weighted by Gasteiger charge is -2.20. The Morgan fingerprint density at radius 1 is 1.12 bits per heavy atom. The third-order valence-electron chi connectivity index (χ3n) is 3.29. The van der Waals surface area contributed by atoms with E-state index >= 15 is 0 Å². The van der Waals surface area contributed by atoms with Gasteiger partial charge in [0.15, 0.2) is 0 Å². The Morgan fingerprint density at radius 3 is 2.25 bits per heavy atom. The van der Waals surface area contributed by atoms with Crippen molar-refractivity contribution in [2.24, 2.45) is 11.8 Å². The number of carbonyl (C=O) groups excluding carboxylic acids is 1. The van der Waals surface area contributed by atoms with Crippen molar-refractivity contribution in [1.82, 2.24) is 0 Å². The molecular formula is C14H28O2. The van der Waals surface area contributed by atoms with Gasteiger partial charge in [0, 0.05) is 6.92 Å². The summed E-state index contributed by atoms with van der Waals surface area (Å²) in [6, 6.07) is 0. The van der Waals surface area contributed by atoms with Crippen LogP contribution in [0.1, 0.15) is 66.7 Å². The molecule has 16 heavy (non-hydrogen) atoms. The molecule has 0 saturated carbocycles. The molecule has 2 nitrogen and oxygen atoms in total. The van der Waals surface area contributed by atoms with Crippen LogP contribution in [-0.4, -0.2) is 12.1 Å². The maximum absolute atomic E-state index is 10.8. The van der Waals surface area contributed by atoms with E-state index in [9.17, 15) is 4.79 Å². The monoisotopic (exact) mass is 228 g/mol. The van der Waals surface area contributed by atoms with E-state index in [2.05, 4.69) is 20.8 Å². The standard InChI is InChI=1S/C14H28O2/c1-6-8-11(2)9-7-10-12(3)13(4)16-14(5)15/h11-13H,6-10H2,1-5H3/t11-,12-,13-/m1/s1. The Labute approximate surface area is 101 Å². The second kappa shape index (κ2) is 8.60. The molecule has 0 fully saturated rings. The topological polar surface area (TPSA) is 26.3 Å². The van der Waals surface area contributed by atoms with Gasteiger partial charge in [-0.05, 0) is 25.2 Å². The van der Waals surface area contributed by atoms with E-state index < -0.39 is 0 Å². The first-order valence-corrected chi connectivity index (χ1v) is 6.64. The highest BCUT2D eigenvalue weighted by Crippen LogP contribution is 2.19. The molecule has 0 aliphatic heterocycles. The Hall–Kier alpha value is -0.530. The minimum atomic E-state index is -0.168. The molecule has 0 unspecified atom stereocenters. The van der Waals surface area contributed by atoms with Gasteiger partial charge in [-0.1, -0.05) is 46.5 Å². The zero-order chi connectivity index (χ0) is 12.6. The van der Waals surface area contributed by atoms with Crippen molar-refractivity contribution < 1.29 is 9.53 Å². The molecule has 96 valence electrons. The Bertz CT molecular complexity index is 189. The zero-order valence-corrected chi connectivity index (χ0v) is 11.6. The molecule has 0 rings (SSSR count). The predicted octanol–water partition coefficient (Wildman–Crippen LogP) is 4.18. The maximum Gasteiger partial charge on any atom is 0.302 e. The summed E-state index contributed by atoms with van der Waals surface area (Å²) >= 11 is 0. The third kappa shape index (κ3) is 7.72. The molecular weight excluding hydrogens is 200 g/mol. The minimum Gasteiger partial charge on any atom is -0.463 e. The van der Waals surface area contributed by atoms with Crippen molar-refractivity contribution >= 4 is 5.97 Å². The SMILES string of the molecule is CCC[C@@H](C)CCC[C@@H](C)[C@@H](C)OC(C)=O. The van der Waals surface area contributed by atoms with Crippen molar-refractivity contribution in [3.63, 3.8) is 0 Å². The number of esters is 1. The van der Waals surface area contributed by atoms with Gasteiger partial charge in [0.25, 0.3) is 0 Å². The number of hydrogen-bond acceptors (Lipinski definition) is 2. The predicted molar refractivity (Wildman–Crippen MR) is 68.3 cm³/mol. The first-order valence-electron chi connectivity index (χ1n) is 6.64. The average Bonchev–Trinajstić information content (AvgIpc) is 2.16. The number of rotatable bonds is 8. The summed E-state index contributed by atoms with van der Waals surface area (Å²) in [6.45, 7) is 10.2. The third-order valence-corrected chi connectivity index (χ3v) is 3.29. The first-order chi connectivity index (χ1) is 7.47. The molecule has 0 aromatic heterocycles. The van der Waals surface area contributed by atoms with E-state index in [1.165, 1.54) is 32.6 Å². The molecule has 3 atom stereocenters. The highest BCUT2D eigenvalue weighted by molar-refractivity contribution is 5.66. The lowest BCUT2D eigenvalue weighted by atomic mass is 9.93. The van der Waals surface area contributed by atoms with Crippen molar-refractivity contribution in [3.05, 3.63) is 0 Å². The molecule has 0 radical (unpaired) electrons.